The number of anilines is 1. The Bertz CT molecular complexity index is 531. The van der Waals surface area contributed by atoms with Gasteiger partial charge in [-0.1, -0.05) is 25.4 Å². The van der Waals surface area contributed by atoms with Crippen LogP contribution in [0.4, 0.5) is 5.82 Å². The summed E-state index contributed by atoms with van der Waals surface area (Å²) in [4.78, 5) is 8.54. The summed E-state index contributed by atoms with van der Waals surface area (Å²) in [6.07, 6.45) is -0.553. The summed E-state index contributed by atoms with van der Waals surface area (Å²) in [6, 6.07) is 3.57. The van der Waals surface area contributed by atoms with E-state index in [4.69, 9.17) is 11.6 Å². The molecular weight excluding hydrogens is 282 g/mol. The van der Waals surface area contributed by atoms with Crippen LogP contribution in [0, 0.1) is 0 Å². The number of hydrogen-bond acceptors (Lipinski definition) is 5. The highest BCUT2D eigenvalue weighted by atomic mass is 35.5. The predicted octanol–water partition coefficient (Wildman–Crippen LogP) is 3.46. The third-order valence-corrected chi connectivity index (χ3v) is 3.53. The van der Waals surface area contributed by atoms with Gasteiger partial charge in [0.15, 0.2) is 0 Å². The van der Waals surface area contributed by atoms with Gasteiger partial charge in [-0.3, -0.25) is 0 Å². The standard InChI is InChI=1S/C13H16ClN3OS/c1-8(2)13-16-11(14)5-12(17-13)15-6-10(18)9-3-4-19-7-9/h3-5,7-8,10,18H,6H2,1-2H3,(H,15,16,17). The molecule has 0 amide bonds. The first-order valence-corrected chi connectivity index (χ1v) is 7.37. The minimum atomic E-state index is -0.553. The van der Waals surface area contributed by atoms with Crippen molar-refractivity contribution in [2.24, 2.45) is 0 Å². The van der Waals surface area contributed by atoms with E-state index in [1.54, 1.807) is 17.4 Å². The summed E-state index contributed by atoms with van der Waals surface area (Å²) < 4.78 is 0. The van der Waals surface area contributed by atoms with E-state index in [0.717, 1.165) is 5.56 Å². The van der Waals surface area contributed by atoms with Gasteiger partial charge in [-0.05, 0) is 22.4 Å². The first-order chi connectivity index (χ1) is 9.06. The van der Waals surface area contributed by atoms with Crippen LogP contribution in [-0.2, 0) is 0 Å². The Morgan fingerprint density at radius 2 is 2.21 bits per heavy atom. The van der Waals surface area contributed by atoms with Gasteiger partial charge in [-0.15, -0.1) is 0 Å². The SMILES string of the molecule is CC(C)c1nc(Cl)cc(NCC(O)c2ccsc2)n1. The molecule has 0 aliphatic rings. The van der Waals surface area contributed by atoms with Crippen molar-refractivity contribution < 1.29 is 5.11 Å². The Hall–Kier alpha value is -1.17. The Labute approximate surface area is 121 Å². The Kier molecular flexibility index (Phi) is 4.74. The largest absolute Gasteiger partial charge is 0.387 e. The molecule has 0 radical (unpaired) electrons. The summed E-state index contributed by atoms with van der Waals surface area (Å²) in [7, 11) is 0. The van der Waals surface area contributed by atoms with Crippen LogP contribution in [0.2, 0.25) is 5.15 Å². The molecule has 6 heteroatoms. The average molecular weight is 298 g/mol. The lowest BCUT2D eigenvalue weighted by atomic mass is 10.2. The first kappa shape index (κ1) is 14.2. The highest BCUT2D eigenvalue weighted by molar-refractivity contribution is 7.07. The highest BCUT2D eigenvalue weighted by Gasteiger charge is 2.10. The molecular formula is C13H16ClN3OS. The van der Waals surface area contributed by atoms with E-state index in [1.807, 2.05) is 30.7 Å². The number of aliphatic hydroxyl groups is 1. The van der Waals surface area contributed by atoms with Crippen LogP contribution < -0.4 is 5.32 Å². The number of thiophene rings is 1. The highest BCUT2D eigenvalue weighted by Crippen LogP contribution is 2.19. The van der Waals surface area contributed by atoms with Gasteiger partial charge in [0.05, 0.1) is 6.10 Å². The third-order valence-electron chi connectivity index (χ3n) is 2.63. The molecule has 0 saturated heterocycles. The molecule has 0 aliphatic carbocycles. The van der Waals surface area contributed by atoms with Crippen molar-refractivity contribution in [2.45, 2.75) is 25.9 Å². The minimum absolute atomic E-state index is 0.209. The maximum Gasteiger partial charge on any atom is 0.135 e. The topological polar surface area (TPSA) is 58.0 Å². The fraction of sp³-hybridized carbons (Fsp3) is 0.385. The normalized spacial score (nSPS) is 12.7. The molecule has 19 heavy (non-hydrogen) atoms. The van der Waals surface area contributed by atoms with Gasteiger partial charge in [0.1, 0.15) is 16.8 Å². The molecule has 2 rings (SSSR count). The van der Waals surface area contributed by atoms with Gasteiger partial charge in [0.2, 0.25) is 0 Å². The maximum atomic E-state index is 9.99. The zero-order valence-electron chi connectivity index (χ0n) is 10.8. The second-order valence-electron chi connectivity index (χ2n) is 4.54. The van der Waals surface area contributed by atoms with Gasteiger partial charge < -0.3 is 10.4 Å². The second-order valence-corrected chi connectivity index (χ2v) is 5.71. The lowest BCUT2D eigenvalue weighted by Crippen LogP contribution is -2.13. The lowest BCUT2D eigenvalue weighted by Gasteiger charge is -2.12. The predicted molar refractivity (Wildman–Crippen MR) is 78.9 cm³/mol. The molecule has 102 valence electrons. The number of nitrogens with one attached hydrogen (secondary N) is 1. The van der Waals surface area contributed by atoms with E-state index in [1.165, 1.54) is 0 Å². The molecule has 0 bridgehead atoms. The first-order valence-electron chi connectivity index (χ1n) is 6.04. The summed E-state index contributed by atoms with van der Waals surface area (Å²) in [5, 5.41) is 17.4. The molecule has 0 spiro atoms. The molecule has 0 aromatic carbocycles. The summed E-state index contributed by atoms with van der Waals surface area (Å²) in [5.41, 5.74) is 0.904. The van der Waals surface area contributed by atoms with Crippen LogP contribution in [0.1, 0.15) is 37.3 Å². The number of nitrogens with zero attached hydrogens (tertiary/aromatic N) is 2. The Morgan fingerprint density at radius 3 is 2.84 bits per heavy atom. The zero-order valence-corrected chi connectivity index (χ0v) is 12.4. The van der Waals surface area contributed by atoms with Gasteiger partial charge in [-0.2, -0.15) is 11.3 Å². The Balaban J connectivity index is 2.03. The van der Waals surface area contributed by atoms with Crippen molar-refractivity contribution in [2.75, 3.05) is 11.9 Å². The van der Waals surface area contributed by atoms with Crippen LogP contribution >= 0.6 is 22.9 Å². The molecule has 2 N–H and O–H groups in total. The molecule has 1 atom stereocenters. The van der Waals surface area contributed by atoms with Crippen molar-refractivity contribution in [1.29, 1.82) is 0 Å². The van der Waals surface area contributed by atoms with Crippen molar-refractivity contribution in [3.05, 3.63) is 39.4 Å². The van der Waals surface area contributed by atoms with E-state index in [-0.39, 0.29) is 5.92 Å². The maximum absolute atomic E-state index is 9.99. The smallest absolute Gasteiger partial charge is 0.135 e. The van der Waals surface area contributed by atoms with E-state index >= 15 is 0 Å². The van der Waals surface area contributed by atoms with E-state index in [2.05, 4.69) is 15.3 Å². The van der Waals surface area contributed by atoms with Crippen molar-refractivity contribution >= 4 is 28.8 Å². The van der Waals surface area contributed by atoms with Gasteiger partial charge in [0, 0.05) is 18.5 Å². The van der Waals surface area contributed by atoms with Crippen LogP contribution in [0.15, 0.2) is 22.9 Å². The monoisotopic (exact) mass is 297 g/mol. The van der Waals surface area contributed by atoms with Crippen LogP contribution in [0.3, 0.4) is 0 Å². The molecule has 0 saturated carbocycles. The quantitative estimate of drug-likeness (QED) is 0.830. The summed E-state index contributed by atoms with van der Waals surface area (Å²) >= 11 is 7.52. The van der Waals surface area contributed by atoms with Gasteiger partial charge in [0.25, 0.3) is 0 Å². The molecule has 4 nitrogen and oxygen atoms in total. The number of aromatic nitrogens is 2. The lowest BCUT2D eigenvalue weighted by molar-refractivity contribution is 0.192. The van der Waals surface area contributed by atoms with E-state index in [0.29, 0.717) is 23.3 Å². The van der Waals surface area contributed by atoms with Gasteiger partial charge in [-0.25, -0.2) is 9.97 Å². The molecule has 0 fully saturated rings. The van der Waals surface area contributed by atoms with Crippen LogP contribution in [-0.4, -0.2) is 21.6 Å². The van der Waals surface area contributed by atoms with Crippen LogP contribution in [0.25, 0.3) is 0 Å². The minimum Gasteiger partial charge on any atom is -0.387 e. The van der Waals surface area contributed by atoms with Crippen molar-refractivity contribution in [3.63, 3.8) is 0 Å². The van der Waals surface area contributed by atoms with Gasteiger partial charge >= 0.3 is 0 Å². The summed E-state index contributed by atoms with van der Waals surface area (Å²) in [5.74, 6) is 1.54. The second kappa shape index (κ2) is 6.32. The number of halogens is 1. The summed E-state index contributed by atoms with van der Waals surface area (Å²) in [6.45, 7) is 4.41. The average Bonchev–Trinajstić information content (AvgIpc) is 2.89. The fourth-order valence-corrected chi connectivity index (χ4v) is 2.46. The fourth-order valence-electron chi connectivity index (χ4n) is 1.57. The molecule has 2 aromatic rings. The number of aliphatic hydroxyl groups excluding tert-OH is 1. The molecule has 2 aromatic heterocycles. The number of hydrogen-bond donors (Lipinski definition) is 2. The van der Waals surface area contributed by atoms with E-state index < -0.39 is 6.10 Å². The molecule has 1 unspecified atom stereocenters. The molecule has 0 aliphatic heterocycles. The third kappa shape index (κ3) is 3.89. The Morgan fingerprint density at radius 1 is 1.42 bits per heavy atom. The molecule has 2 heterocycles. The zero-order chi connectivity index (χ0) is 13.8. The number of rotatable bonds is 5. The van der Waals surface area contributed by atoms with E-state index in [9.17, 15) is 5.11 Å². The van der Waals surface area contributed by atoms with Crippen molar-refractivity contribution in [1.82, 2.24) is 9.97 Å². The van der Waals surface area contributed by atoms with Crippen LogP contribution in [0.5, 0.6) is 0 Å². The van der Waals surface area contributed by atoms with Crippen molar-refractivity contribution in [3.8, 4) is 0 Å².